The number of esters is 1. The van der Waals surface area contributed by atoms with Crippen molar-refractivity contribution >= 4 is 19.8 Å². The lowest BCUT2D eigenvalue weighted by atomic mass is 10.1. The fourth-order valence-corrected chi connectivity index (χ4v) is 5.75. The van der Waals surface area contributed by atoms with E-state index in [1.54, 1.807) is 0 Å². The number of phosphoric acid groups is 1. The number of carboxylic acids is 1. The highest BCUT2D eigenvalue weighted by atomic mass is 31.2. The summed E-state index contributed by atoms with van der Waals surface area (Å²) in [6.07, 6.45) is 36.3. The van der Waals surface area contributed by atoms with Gasteiger partial charge in [0, 0.05) is 13.0 Å². The second-order valence-corrected chi connectivity index (χ2v) is 14.1. The number of carbonyl (C=O) groups excluding carboxylic acids is 1. The monoisotopic (exact) mass is 715 g/mol. The van der Waals surface area contributed by atoms with Gasteiger partial charge in [-0.15, -0.1) is 0 Å². The molecule has 11 heteroatoms. The van der Waals surface area contributed by atoms with E-state index in [0.717, 1.165) is 64.2 Å². The molecular weight excluding hydrogens is 645 g/mol. The minimum Gasteiger partial charge on any atom is -0.480 e. The summed E-state index contributed by atoms with van der Waals surface area (Å²) in [4.78, 5) is 33.3. The Hall–Kier alpha value is -1.81. The van der Waals surface area contributed by atoms with Crippen molar-refractivity contribution in [2.45, 2.75) is 167 Å². The molecule has 0 saturated carbocycles. The molecule has 0 aromatic heterocycles. The van der Waals surface area contributed by atoms with Gasteiger partial charge in [0.15, 0.2) is 0 Å². The first kappa shape index (κ1) is 47.2. The molecule has 0 rings (SSSR count). The van der Waals surface area contributed by atoms with E-state index >= 15 is 0 Å². The van der Waals surface area contributed by atoms with Crippen LogP contribution in [0.4, 0.5) is 0 Å². The molecule has 0 amide bonds. The van der Waals surface area contributed by atoms with E-state index in [0.29, 0.717) is 13.0 Å². The normalized spacial score (nSPS) is 14.5. The highest BCUT2D eigenvalue weighted by Gasteiger charge is 2.27. The van der Waals surface area contributed by atoms with Crippen molar-refractivity contribution in [1.29, 1.82) is 0 Å². The number of hydrogen-bond acceptors (Lipinski definition) is 8. The molecule has 0 aliphatic rings. The maximum atomic E-state index is 12.5. The van der Waals surface area contributed by atoms with Crippen molar-refractivity contribution < 1.29 is 42.7 Å². The fourth-order valence-electron chi connectivity index (χ4n) is 4.97. The van der Waals surface area contributed by atoms with Crippen LogP contribution in [-0.4, -0.2) is 60.5 Å². The van der Waals surface area contributed by atoms with Crippen LogP contribution in [0.3, 0.4) is 0 Å². The molecule has 0 aliphatic heterocycles. The summed E-state index contributed by atoms with van der Waals surface area (Å²) < 4.78 is 33.1. The van der Waals surface area contributed by atoms with E-state index in [4.69, 9.17) is 24.8 Å². The second kappa shape index (κ2) is 34.6. The number of carbonyl (C=O) groups is 2. The summed E-state index contributed by atoms with van der Waals surface area (Å²) >= 11 is 0. The molecule has 0 radical (unpaired) electrons. The van der Waals surface area contributed by atoms with Crippen LogP contribution in [0, 0.1) is 0 Å². The van der Waals surface area contributed by atoms with Crippen LogP contribution in [0.5, 0.6) is 0 Å². The van der Waals surface area contributed by atoms with Gasteiger partial charge in [-0.3, -0.25) is 18.6 Å². The molecule has 4 N–H and O–H groups in total. The van der Waals surface area contributed by atoms with Crippen LogP contribution in [0.25, 0.3) is 0 Å². The van der Waals surface area contributed by atoms with Crippen molar-refractivity contribution in [3.8, 4) is 0 Å². The number of aliphatic carboxylic acids is 1. The second-order valence-electron chi connectivity index (χ2n) is 12.7. The first-order valence-corrected chi connectivity index (χ1v) is 20.5. The molecule has 0 aromatic carbocycles. The van der Waals surface area contributed by atoms with Crippen LogP contribution in [0.15, 0.2) is 36.5 Å². The number of nitrogens with two attached hydrogens (primary N) is 1. The first-order valence-electron chi connectivity index (χ1n) is 19.0. The average Bonchev–Trinajstić information content (AvgIpc) is 3.07. The maximum Gasteiger partial charge on any atom is 0.472 e. The Kier molecular flexibility index (Phi) is 33.4. The standard InChI is InChI=1S/C38H70NO9P/c1-3-5-7-9-11-13-14-15-16-17-18-19-20-21-23-25-27-29-31-45-32-35(33-46-49(43,44)47-34-36(39)38(41)42)48-37(40)30-28-26-24-22-12-10-8-6-4-2/h5,7,11,13,15-16,35-36H,3-4,6,8-10,12,14,17-34,39H2,1-2H3,(H,41,42)(H,43,44)/b7-5-,13-11-,16-15-. The smallest absolute Gasteiger partial charge is 0.472 e. The van der Waals surface area contributed by atoms with E-state index in [1.165, 1.54) is 64.2 Å². The molecule has 49 heavy (non-hydrogen) atoms. The lowest BCUT2D eigenvalue weighted by Crippen LogP contribution is -2.34. The maximum absolute atomic E-state index is 12.5. The van der Waals surface area contributed by atoms with Crippen molar-refractivity contribution in [2.24, 2.45) is 5.73 Å². The lowest BCUT2D eigenvalue weighted by molar-refractivity contribution is -0.154. The van der Waals surface area contributed by atoms with E-state index in [1.807, 2.05) is 0 Å². The van der Waals surface area contributed by atoms with E-state index in [2.05, 4.69) is 54.8 Å². The van der Waals surface area contributed by atoms with Gasteiger partial charge >= 0.3 is 19.8 Å². The van der Waals surface area contributed by atoms with Gasteiger partial charge < -0.3 is 25.2 Å². The molecule has 10 nitrogen and oxygen atoms in total. The van der Waals surface area contributed by atoms with Gasteiger partial charge in [-0.25, -0.2) is 4.57 Å². The van der Waals surface area contributed by atoms with Crippen LogP contribution in [-0.2, 0) is 32.7 Å². The largest absolute Gasteiger partial charge is 0.480 e. The summed E-state index contributed by atoms with van der Waals surface area (Å²) in [5, 5.41) is 8.85. The third kappa shape index (κ3) is 34.4. The number of allylic oxidation sites excluding steroid dienone is 6. The lowest BCUT2D eigenvalue weighted by Gasteiger charge is -2.20. The van der Waals surface area contributed by atoms with Crippen LogP contribution in [0.1, 0.15) is 155 Å². The predicted molar refractivity (Wildman–Crippen MR) is 198 cm³/mol. The van der Waals surface area contributed by atoms with Crippen LogP contribution in [0.2, 0.25) is 0 Å². The highest BCUT2D eigenvalue weighted by molar-refractivity contribution is 7.47. The molecule has 0 aliphatic carbocycles. The van der Waals surface area contributed by atoms with Gasteiger partial charge in [0.2, 0.25) is 0 Å². The Morgan fingerprint density at radius 2 is 1.18 bits per heavy atom. The predicted octanol–water partition coefficient (Wildman–Crippen LogP) is 9.75. The first-order chi connectivity index (χ1) is 23.7. The summed E-state index contributed by atoms with van der Waals surface area (Å²) in [7, 11) is -4.61. The third-order valence-corrected chi connectivity index (χ3v) is 8.88. The molecule has 0 fully saturated rings. The van der Waals surface area contributed by atoms with Gasteiger partial charge in [0.25, 0.3) is 0 Å². The number of phosphoric ester groups is 1. The zero-order valence-corrected chi connectivity index (χ0v) is 31.7. The quantitative estimate of drug-likeness (QED) is 0.0247. The van der Waals surface area contributed by atoms with Crippen molar-refractivity contribution in [2.75, 3.05) is 26.4 Å². The zero-order chi connectivity index (χ0) is 36.3. The average molecular weight is 716 g/mol. The number of rotatable bonds is 36. The van der Waals surface area contributed by atoms with Gasteiger partial charge in [0.05, 0.1) is 19.8 Å². The molecule has 0 saturated heterocycles. The molecular formula is C38H70NO9P. The molecule has 0 bridgehead atoms. The SMILES string of the molecule is CC/C=C\C/C=C\C/C=C\CCCCCCCCCCOCC(COP(=O)(O)OCC(N)C(=O)O)OC(=O)CCCCCCCCCCC. The highest BCUT2D eigenvalue weighted by Crippen LogP contribution is 2.43. The Morgan fingerprint density at radius 3 is 1.78 bits per heavy atom. The minimum absolute atomic E-state index is 0.0131. The topological polar surface area (TPSA) is 155 Å². The summed E-state index contributed by atoms with van der Waals surface area (Å²) in [6.45, 7) is 3.71. The summed E-state index contributed by atoms with van der Waals surface area (Å²) in [5.74, 6) is -1.79. The van der Waals surface area contributed by atoms with Crippen molar-refractivity contribution in [1.82, 2.24) is 0 Å². The van der Waals surface area contributed by atoms with E-state index in [9.17, 15) is 19.0 Å². The number of unbranched alkanes of at least 4 members (excludes halogenated alkanes) is 16. The van der Waals surface area contributed by atoms with Gasteiger partial charge in [-0.1, -0.05) is 140 Å². The van der Waals surface area contributed by atoms with Gasteiger partial charge in [-0.2, -0.15) is 0 Å². The summed E-state index contributed by atoms with van der Waals surface area (Å²) in [5.41, 5.74) is 5.33. The molecule has 3 atom stereocenters. The Morgan fingerprint density at radius 1 is 0.673 bits per heavy atom. The molecule has 0 aromatic rings. The third-order valence-electron chi connectivity index (χ3n) is 7.93. The minimum atomic E-state index is -4.61. The van der Waals surface area contributed by atoms with Crippen molar-refractivity contribution in [3.05, 3.63) is 36.5 Å². The number of hydrogen-bond donors (Lipinski definition) is 3. The van der Waals surface area contributed by atoms with Crippen molar-refractivity contribution in [3.63, 3.8) is 0 Å². The number of carboxylic acid groups (broad SMARTS) is 1. The Labute approximate surface area is 297 Å². The summed E-state index contributed by atoms with van der Waals surface area (Å²) in [6, 6.07) is -1.47. The van der Waals surface area contributed by atoms with Gasteiger partial charge in [0.1, 0.15) is 12.1 Å². The Balaban J connectivity index is 4.24. The molecule has 3 unspecified atom stereocenters. The molecule has 0 spiro atoms. The molecule has 286 valence electrons. The zero-order valence-electron chi connectivity index (χ0n) is 30.8. The van der Waals surface area contributed by atoms with Crippen LogP contribution < -0.4 is 5.73 Å². The Bertz CT molecular complexity index is 925. The molecule has 0 heterocycles. The number of ether oxygens (including phenoxy) is 2. The van der Waals surface area contributed by atoms with Gasteiger partial charge in [-0.05, 0) is 44.9 Å². The van der Waals surface area contributed by atoms with E-state index in [-0.39, 0.29) is 13.0 Å². The van der Waals surface area contributed by atoms with E-state index < -0.39 is 45.1 Å². The fraction of sp³-hybridized carbons (Fsp3) is 0.789. The van der Waals surface area contributed by atoms with Crippen LogP contribution >= 0.6 is 7.82 Å².